The van der Waals surface area contributed by atoms with Gasteiger partial charge in [-0.3, -0.25) is 14.4 Å². The summed E-state index contributed by atoms with van der Waals surface area (Å²) in [6.07, 6.45) is -0.164. The number of allylic oxidation sites excluding steroid dienone is 1. The molecule has 3 amide bonds. The number of halogens is 3. The zero-order valence-electron chi connectivity index (χ0n) is 19.7. The van der Waals surface area contributed by atoms with Gasteiger partial charge in [0, 0.05) is 23.3 Å². The van der Waals surface area contributed by atoms with E-state index < -0.39 is 48.4 Å². The summed E-state index contributed by atoms with van der Waals surface area (Å²) in [5.41, 5.74) is 4.93. The summed E-state index contributed by atoms with van der Waals surface area (Å²) in [5, 5.41) is 13.8. The number of hydrogen-bond donors (Lipinski definition) is 5. The molecule has 14 heteroatoms. The van der Waals surface area contributed by atoms with Crippen LogP contribution in [0, 0.1) is 5.82 Å². The third-order valence-corrected chi connectivity index (χ3v) is 5.21. The fourth-order valence-corrected chi connectivity index (χ4v) is 3.63. The Morgan fingerprint density at radius 2 is 2.00 bits per heavy atom. The Balaban J connectivity index is 1.79. The summed E-state index contributed by atoms with van der Waals surface area (Å²) in [4.78, 5) is 50.5. The van der Waals surface area contributed by atoms with Crippen molar-refractivity contribution < 1.29 is 37.4 Å². The van der Waals surface area contributed by atoms with Gasteiger partial charge in [0.15, 0.2) is 0 Å². The number of pyridine rings is 1. The molecule has 0 aliphatic carbocycles. The molecule has 2 heterocycles. The molecule has 0 spiro atoms. The van der Waals surface area contributed by atoms with E-state index >= 15 is 0 Å². The van der Waals surface area contributed by atoms with Crippen LogP contribution >= 0.6 is 0 Å². The van der Waals surface area contributed by atoms with Crippen molar-refractivity contribution in [3.8, 4) is 5.75 Å². The van der Waals surface area contributed by atoms with Gasteiger partial charge >= 0.3 is 6.09 Å². The van der Waals surface area contributed by atoms with Crippen molar-refractivity contribution in [3.63, 3.8) is 0 Å². The second-order valence-electron chi connectivity index (χ2n) is 8.09. The summed E-state index contributed by atoms with van der Waals surface area (Å²) in [7, 11) is 0. The molecule has 0 saturated carbocycles. The number of nitrogens with zero attached hydrogens (tertiary/aromatic N) is 1. The molecule has 1 aromatic carbocycles. The molecule has 38 heavy (non-hydrogen) atoms. The van der Waals surface area contributed by atoms with Crippen LogP contribution in [0.3, 0.4) is 0 Å². The topological polar surface area (TPSA) is 169 Å². The Morgan fingerprint density at radius 3 is 2.68 bits per heavy atom. The molecule has 3 aromatic rings. The van der Waals surface area contributed by atoms with Crippen molar-refractivity contribution in [2.24, 2.45) is 5.73 Å². The molecule has 11 nitrogen and oxygen atoms in total. The normalized spacial score (nSPS) is 12.1. The molecule has 3 rings (SSSR count). The van der Waals surface area contributed by atoms with Crippen molar-refractivity contribution in [1.29, 1.82) is 0 Å². The number of carboxylic acid groups (broad SMARTS) is 1. The number of fused-ring (bicyclic) bond motifs is 1. The lowest BCUT2D eigenvalue weighted by molar-refractivity contribution is -0.118. The van der Waals surface area contributed by atoms with E-state index in [1.54, 1.807) is 0 Å². The first-order valence-electron chi connectivity index (χ1n) is 11.2. The SMILES string of the molecule is NC(=O)/C=C/CC[C@H](NC(=O)O)C(=O)Nc1cccn(Cc2cc3cc(F)cc(OCC(F)F)c3[nH]2)c1=O. The minimum atomic E-state index is -2.75. The maximum atomic E-state index is 13.9. The molecular formula is C24H24F3N5O6. The number of rotatable bonds is 12. The van der Waals surface area contributed by atoms with Crippen LogP contribution < -0.4 is 26.7 Å². The van der Waals surface area contributed by atoms with Gasteiger partial charge in [0.2, 0.25) is 11.8 Å². The zero-order valence-corrected chi connectivity index (χ0v) is 19.7. The van der Waals surface area contributed by atoms with Crippen LogP contribution in [0.1, 0.15) is 18.5 Å². The average molecular weight is 535 g/mol. The van der Waals surface area contributed by atoms with Gasteiger partial charge in [-0.25, -0.2) is 18.0 Å². The smallest absolute Gasteiger partial charge is 0.405 e. The van der Waals surface area contributed by atoms with Crippen molar-refractivity contribution in [2.45, 2.75) is 31.9 Å². The number of H-pyrrole nitrogens is 1. The van der Waals surface area contributed by atoms with Gasteiger partial charge in [0.05, 0.1) is 12.1 Å². The van der Waals surface area contributed by atoms with Crippen molar-refractivity contribution >= 4 is 34.5 Å². The summed E-state index contributed by atoms with van der Waals surface area (Å²) >= 11 is 0. The van der Waals surface area contributed by atoms with Crippen molar-refractivity contribution in [2.75, 3.05) is 11.9 Å². The van der Waals surface area contributed by atoms with E-state index in [1.807, 2.05) is 0 Å². The highest BCUT2D eigenvalue weighted by Gasteiger charge is 2.21. The fourth-order valence-electron chi connectivity index (χ4n) is 3.63. The molecule has 0 unspecified atom stereocenters. The predicted molar refractivity (Wildman–Crippen MR) is 131 cm³/mol. The van der Waals surface area contributed by atoms with Crippen LogP contribution in [-0.4, -0.2) is 51.6 Å². The van der Waals surface area contributed by atoms with Gasteiger partial charge < -0.3 is 35.8 Å². The molecule has 1 atom stereocenters. The molecule has 0 radical (unpaired) electrons. The number of aromatic nitrogens is 2. The third-order valence-electron chi connectivity index (χ3n) is 5.21. The standard InChI is InChI=1S/C24H24F3N5O6/c25-14-8-13-9-15(29-21(13)18(10-14)38-12-19(26)27)11-32-7-3-5-17(23(32)35)30-22(34)16(31-24(36)37)4-1-2-6-20(28)33/h2-3,5-10,16,19,29,31H,1,4,11-12H2,(H2,28,33)(H,30,34)(H,36,37)/b6-2+/t16-/m0/s1. The van der Waals surface area contributed by atoms with E-state index in [0.29, 0.717) is 11.1 Å². The summed E-state index contributed by atoms with van der Waals surface area (Å²) in [6, 6.07) is 5.26. The summed E-state index contributed by atoms with van der Waals surface area (Å²) in [6.45, 7) is -0.977. The van der Waals surface area contributed by atoms with E-state index in [0.717, 1.165) is 12.1 Å². The Morgan fingerprint density at radius 1 is 1.24 bits per heavy atom. The van der Waals surface area contributed by atoms with Crippen LogP contribution in [0.25, 0.3) is 10.9 Å². The van der Waals surface area contributed by atoms with Crippen LogP contribution in [0.2, 0.25) is 0 Å². The van der Waals surface area contributed by atoms with Gasteiger partial charge in [-0.2, -0.15) is 0 Å². The third kappa shape index (κ3) is 7.62. The number of carbonyl (C=O) groups is 3. The van der Waals surface area contributed by atoms with E-state index in [1.165, 1.54) is 41.1 Å². The minimum Gasteiger partial charge on any atom is -0.485 e. The van der Waals surface area contributed by atoms with Gasteiger partial charge in [-0.05, 0) is 43.2 Å². The van der Waals surface area contributed by atoms with Crippen molar-refractivity contribution in [3.05, 3.63) is 70.5 Å². The Bertz CT molecular complexity index is 1420. The molecule has 2 aromatic heterocycles. The minimum absolute atomic E-state index is 0.00940. The molecule has 0 saturated heterocycles. The second kappa shape index (κ2) is 12.5. The van der Waals surface area contributed by atoms with Gasteiger partial charge in [-0.1, -0.05) is 6.08 Å². The lowest BCUT2D eigenvalue weighted by Gasteiger charge is -2.16. The number of nitrogens with two attached hydrogens (primary N) is 1. The molecular weight excluding hydrogens is 511 g/mol. The molecule has 0 aliphatic heterocycles. The predicted octanol–water partition coefficient (Wildman–Crippen LogP) is 2.56. The number of aromatic amines is 1. The lowest BCUT2D eigenvalue weighted by atomic mass is 10.1. The number of alkyl halides is 2. The largest absolute Gasteiger partial charge is 0.485 e. The lowest BCUT2D eigenvalue weighted by Crippen LogP contribution is -2.44. The average Bonchev–Trinajstić information content (AvgIpc) is 3.23. The van der Waals surface area contributed by atoms with Gasteiger partial charge in [0.25, 0.3) is 12.0 Å². The fraction of sp³-hybridized carbons (Fsp3) is 0.250. The number of benzene rings is 1. The van der Waals surface area contributed by atoms with Gasteiger partial charge in [0.1, 0.15) is 29.9 Å². The first-order chi connectivity index (χ1) is 18.0. The van der Waals surface area contributed by atoms with Crippen LogP contribution in [0.5, 0.6) is 5.75 Å². The maximum Gasteiger partial charge on any atom is 0.405 e. The number of amides is 3. The number of primary amides is 1. The molecule has 202 valence electrons. The van der Waals surface area contributed by atoms with Crippen LogP contribution in [0.15, 0.2) is 53.5 Å². The Kier molecular flexibility index (Phi) is 9.13. The Hall–Kier alpha value is -4.75. The number of carbonyl (C=O) groups excluding carboxylic acids is 2. The molecule has 6 N–H and O–H groups in total. The first-order valence-corrected chi connectivity index (χ1v) is 11.2. The molecule has 0 bridgehead atoms. The zero-order chi connectivity index (χ0) is 27.8. The first kappa shape index (κ1) is 27.8. The number of hydrogen-bond acceptors (Lipinski definition) is 5. The van der Waals surface area contributed by atoms with E-state index in [-0.39, 0.29) is 36.3 Å². The second-order valence-corrected chi connectivity index (χ2v) is 8.09. The van der Waals surface area contributed by atoms with E-state index in [9.17, 15) is 32.3 Å². The summed E-state index contributed by atoms with van der Waals surface area (Å²) in [5.74, 6) is -2.29. The quantitative estimate of drug-likeness (QED) is 0.223. The monoisotopic (exact) mass is 535 g/mol. The van der Waals surface area contributed by atoms with Crippen LogP contribution in [-0.2, 0) is 16.1 Å². The highest BCUT2D eigenvalue weighted by Crippen LogP contribution is 2.28. The van der Waals surface area contributed by atoms with Gasteiger partial charge in [-0.15, -0.1) is 0 Å². The highest BCUT2D eigenvalue weighted by molar-refractivity contribution is 5.96. The number of anilines is 1. The maximum absolute atomic E-state index is 13.9. The van der Waals surface area contributed by atoms with E-state index in [4.69, 9.17) is 15.6 Å². The van der Waals surface area contributed by atoms with E-state index in [2.05, 4.69) is 15.6 Å². The number of nitrogens with one attached hydrogen (secondary N) is 3. The number of ether oxygens (including phenoxy) is 1. The highest BCUT2D eigenvalue weighted by atomic mass is 19.3. The summed E-state index contributed by atoms with van der Waals surface area (Å²) < 4.78 is 45.3. The Labute approximate surface area is 213 Å². The van der Waals surface area contributed by atoms with Crippen LogP contribution in [0.4, 0.5) is 23.7 Å². The molecule has 0 aliphatic rings. The molecule has 0 fully saturated rings. The van der Waals surface area contributed by atoms with Crippen molar-refractivity contribution in [1.82, 2.24) is 14.9 Å².